The molecule has 2 aromatic rings. The standard InChI is InChI=1S/C13H18N2/c1-9-5-4-6-11-10(2)12(7-8-14)15(3)13(9)11/h4-6H,7-8,14H2,1-3H3. The van der Waals surface area contributed by atoms with Crippen LogP contribution in [0.25, 0.3) is 10.9 Å². The Labute approximate surface area is 90.7 Å². The molecule has 0 saturated heterocycles. The molecule has 2 N–H and O–H groups in total. The molecule has 0 aliphatic heterocycles. The van der Waals surface area contributed by atoms with Crippen LogP contribution in [0.15, 0.2) is 18.2 Å². The van der Waals surface area contributed by atoms with Gasteiger partial charge in [-0.15, -0.1) is 0 Å². The van der Waals surface area contributed by atoms with Crippen molar-refractivity contribution in [2.24, 2.45) is 12.8 Å². The highest BCUT2D eigenvalue weighted by Crippen LogP contribution is 2.27. The number of para-hydroxylation sites is 1. The predicted molar refractivity (Wildman–Crippen MR) is 65.2 cm³/mol. The lowest BCUT2D eigenvalue weighted by Crippen LogP contribution is -2.07. The van der Waals surface area contributed by atoms with Crippen LogP contribution in [0.2, 0.25) is 0 Å². The second kappa shape index (κ2) is 3.70. The first-order chi connectivity index (χ1) is 7.16. The summed E-state index contributed by atoms with van der Waals surface area (Å²) >= 11 is 0. The van der Waals surface area contributed by atoms with Gasteiger partial charge in [0, 0.05) is 24.5 Å². The van der Waals surface area contributed by atoms with Crippen LogP contribution >= 0.6 is 0 Å². The first-order valence-corrected chi connectivity index (χ1v) is 5.40. The average Bonchev–Trinajstić information content (AvgIpc) is 2.45. The van der Waals surface area contributed by atoms with E-state index in [1.165, 1.54) is 27.7 Å². The summed E-state index contributed by atoms with van der Waals surface area (Å²) in [5, 5.41) is 1.36. The summed E-state index contributed by atoms with van der Waals surface area (Å²) in [5.41, 5.74) is 11.1. The number of nitrogens with two attached hydrogens (primary N) is 1. The van der Waals surface area contributed by atoms with Crippen molar-refractivity contribution >= 4 is 10.9 Å². The second-order valence-corrected chi connectivity index (χ2v) is 4.14. The molecule has 2 rings (SSSR count). The lowest BCUT2D eigenvalue weighted by molar-refractivity contribution is 0.818. The van der Waals surface area contributed by atoms with Gasteiger partial charge in [0.15, 0.2) is 0 Å². The zero-order valence-electron chi connectivity index (χ0n) is 9.67. The molecular formula is C13H18N2. The van der Waals surface area contributed by atoms with Crippen LogP contribution in [0.4, 0.5) is 0 Å². The third-order valence-corrected chi connectivity index (χ3v) is 3.20. The first-order valence-electron chi connectivity index (χ1n) is 5.40. The molecule has 0 aliphatic carbocycles. The fraction of sp³-hybridized carbons (Fsp3) is 0.385. The van der Waals surface area contributed by atoms with Crippen LogP contribution in [0, 0.1) is 13.8 Å². The number of rotatable bonds is 2. The summed E-state index contributed by atoms with van der Waals surface area (Å²) in [7, 11) is 2.13. The summed E-state index contributed by atoms with van der Waals surface area (Å²) < 4.78 is 2.28. The van der Waals surface area contributed by atoms with E-state index in [9.17, 15) is 0 Å². The Bertz CT molecular complexity index is 495. The van der Waals surface area contributed by atoms with Crippen LogP contribution in [-0.4, -0.2) is 11.1 Å². The second-order valence-electron chi connectivity index (χ2n) is 4.14. The fourth-order valence-electron chi connectivity index (χ4n) is 2.44. The van der Waals surface area contributed by atoms with Crippen molar-refractivity contribution in [3.8, 4) is 0 Å². The molecule has 2 nitrogen and oxygen atoms in total. The van der Waals surface area contributed by atoms with Crippen molar-refractivity contribution in [3.63, 3.8) is 0 Å². The van der Waals surface area contributed by atoms with Crippen molar-refractivity contribution in [1.82, 2.24) is 4.57 Å². The van der Waals surface area contributed by atoms with Crippen molar-refractivity contribution in [1.29, 1.82) is 0 Å². The van der Waals surface area contributed by atoms with Crippen molar-refractivity contribution in [2.75, 3.05) is 6.54 Å². The van der Waals surface area contributed by atoms with Gasteiger partial charge in [0.25, 0.3) is 0 Å². The molecule has 1 aromatic carbocycles. The van der Waals surface area contributed by atoms with Gasteiger partial charge in [-0.05, 0) is 31.5 Å². The number of benzene rings is 1. The molecular weight excluding hydrogens is 184 g/mol. The van der Waals surface area contributed by atoms with E-state index >= 15 is 0 Å². The van der Waals surface area contributed by atoms with E-state index in [4.69, 9.17) is 5.73 Å². The van der Waals surface area contributed by atoms with Crippen LogP contribution in [0.5, 0.6) is 0 Å². The highest BCUT2D eigenvalue weighted by atomic mass is 15.0. The first kappa shape index (κ1) is 10.2. The Morgan fingerprint density at radius 2 is 2.00 bits per heavy atom. The number of hydrogen-bond acceptors (Lipinski definition) is 1. The molecule has 0 fully saturated rings. The highest BCUT2D eigenvalue weighted by Gasteiger charge is 2.11. The van der Waals surface area contributed by atoms with Gasteiger partial charge < -0.3 is 10.3 Å². The number of aryl methyl sites for hydroxylation is 3. The molecule has 0 spiro atoms. The molecule has 0 radical (unpaired) electrons. The minimum absolute atomic E-state index is 0.712. The molecule has 0 atom stereocenters. The molecule has 0 aliphatic rings. The number of fused-ring (bicyclic) bond motifs is 1. The Hall–Kier alpha value is -1.28. The van der Waals surface area contributed by atoms with Crippen LogP contribution in [0.3, 0.4) is 0 Å². The Balaban J connectivity index is 2.79. The van der Waals surface area contributed by atoms with Gasteiger partial charge in [-0.2, -0.15) is 0 Å². The Morgan fingerprint density at radius 1 is 1.27 bits per heavy atom. The molecule has 0 unspecified atom stereocenters. The van der Waals surface area contributed by atoms with E-state index in [2.05, 4.69) is 43.7 Å². The Kier molecular flexibility index (Phi) is 2.53. The molecule has 0 saturated carbocycles. The van der Waals surface area contributed by atoms with Gasteiger partial charge in [0.05, 0.1) is 5.52 Å². The minimum atomic E-state index is 0.712. The van der Waals surface area contributed by atoms with Gasteiger partial charge in [0.2, 0.25) is 0 Å². The normalized spacial score (nSPS) is 11.2. The van der Waals surface area contributed by atoms with Crippen LogP contribution in [0.1, 0.15) is 16.8 Å². The van der Waals surface area contributed by atoms with Crippen molar-refractivity contribution in [3.05, 3.63) is 35.0 Å². The van der Waals surface area contributed by atoms with E-state index in [1.54, 1.807) is 0 Å². The summed E-state index contributed by atoms with van der Waals surface area (Å²) in [4.78, 5) is 0. The van der Waals surface area contributed by atoms with Crippen LogP contribution in [-0.2, 0) is 13.5 Å². The van der Waals surface area contributed by atoms with E-state index in [-0.39, 0.29) is 0 Å². The van der Waals surface area contributed by atoms with Gasteiger partial charge >= 0.3 is 0 Å². The SMILES string of the molecule is Cc1c(CCN)n(C)c2c(C)cccc12. The maximum absolute atomic E-state index is 5.64. The van der Waals surface area contributed by atoms with E-state index in [0.717, 1.165) is 6.42 Å². The number of aromatic nitrogens is 1. The third-order valence-electron chi connectivity index (χ3n) is 3.20. The molecule has 1 heterocycles. The zero-order valence-corrected chi connectivity index (χ0v) is 9.67. The molecule has 2 heteroatoms. The number of nitrogens with zero attached hydrogens (tertiary/aromatic N) is 1. The molecule has 15 heavy (non-hydrogen) atoms. The van der Waals surface area contributed by atoms with Gasteiger partial charge in [-0.1, -0.05) is 18.2 Å². The number of hydrogen-bond donors (Lipinski definition) is 1. The quantitative estimate of drug-likeness (QED) is 0.796. The lowest BCUT2D eigenvalue weighted by Gasteiger charge is -2.04. The highest BCUT2D eigenvalue weighted by molar-refractivity contribution is 5.87. The topological polar surface area (TPSA) is 30.9 Å². The summed E-state index contributed by atoms with van der Waals surface area (Å²) in [6.45, 7) is 5.06. The van der Waals surface area contributed by atoms with E-state index in [0.29, 0.717) is 6.54 Å². The molecule has 0 bridgehead atoms. The van der Waals surface area contributed by atoms with E-state index in [1.807, 2.05) is 0 Å². The smallest absolute Gasteiger partial charge is 0.0512 e. The maximum Gasteiger partial charge on any atom is 0.0512 e. The van der Waals surface area contributed by atoms with E-state index < -0.39 is 0 Å². The maximum atomic E-state index is 5.64. The molecule has 1 aromatic heterocycles. The Morgan fingerprint density at radius 3 is 2.60 bits per heavy atom. The predicted octanol–water partition coefficient (Wildman–Crippen LogP) is 2.30. The minimum Gasteiger partial charge on any atom is -0.347 e. The third kappa shape index (κ3) is 1.45. The largest absolute Gasteiger partial charge is 0.347 e. The van der Waals surface area contributed by atoms with Crippen molar-refractivity contribution < 1.29 is 0 Å². The van der Waals surface area contributed by atoms with Gasteiger partial charge in [-0.25, -0.2) is 0 Å². The van der Waals surface area contributed by atoms with Crippen LogP contribution < -0.4 is 5.73 Å². The molecule has 0 amide bonds. The van der Waals surface area contributed by atoms with Gasteiger partial charge in [0.1, 0.15) is 0 Å². The molecule has 80 valence electrons. The lowest BCUT2D eigenvalue weighted by atomic mass is 10.1. The monoisotopic (exact) mass is 202 g/mol. The summed E-state index contributed by atoms with van der Waals surface area (Å²) in [6.07, 6.45) is 0.955. The average molecular weight is 202 g/mol. The fourth-order valence-corrected chi connectivity index (χ4v) is 2.44. The zero-order chi connectivity index (χ0) is 11.0. The summed E-state index contributed by atoms with van der Waals surface area (Å²) in [6, 6.07) is 6.47. The summed E-state index contributed by atoms with van der Waals surface area (Å²) in [5.74, 6) is 0. The van der Waals surface area contributed by atoms with Gasteiger partial charge in [-0.3, -0.25) is 0 Å². The van der Waals surface area contributed by atoms with Crippen molar-refractivity contribution in [2.45, 2.75) is 20.3 Å².